The molecule has 2 aliphatic carbocycles. The third kappa shape index (κ3) is 2.11. The second-order valence-electron chi connectivity index (χ2n) is 6.55. The standard InChI is InChI=1S/C18H24N2/c1-4-11-20(12-5-1)18-10-3-2-9-16(18)19-17-13-14-7-6-8-15(14)17/h2-3,6,8-10,14-15,17,19H,1,4-5,7,11-13H2. The van der Waals surface area contributed by atoms with Gasteiger partial charge in [-0.2, -0.15) is 0 Å². The lowest BCUT2D eigenvalue weighted by molar-refractivity contribution is 0.218. The van der Waals surface area contributed by atoms with Crippen LogP contribution in [0.1, 0.15) is 32.1 Å². The molecule has 3 unspecified atom stereocenters. The van der Waals surface area contributed by atoms with E-state index in [1.54, 1.807) is 0 Å². The monoisotopic (exact) mass is 268 g/mol. The van der Waals surface area contributed by atoms with E-state index in [4.69, 9.17) is 0 Å². The average molecular weight is 268 g/mol. The molecule has 1 heterocycles. The molecule has 2 heteroatoms. The van der Waals surface area contributed by atoms with Crippen LogP contribution < -0.4 is 10.2 Å². The van der Waals surface area contributed by atoms with E-state index in [-0.39, 0.29) is 0 Å². The van der Waals surface area contributed by atoms with Crippen LogP contribution in [-0.2, 0) is 0 Å². The van der Waals surface area contributed by atoms with Gasteiger partial charge in [0.1, 0.15) is 0 Å². The van der Waals surface area contributed by atoms with Gasteiger partial charge in [-0.05, 0) is 50.2 Å². The highest BCUT2D eigenvalue weighted by molar-refractivity contribution is 5.70. The van der Waals surface area contributed by atoms with Crippen LogP contribution in [0, 0.1) is 11.8 Å². The van der Waals surface area contributed by atoms with E-state index in [0.717, 1.165) is 11.8 Å². The minimum Gasteiger partial charge on any atom is -0.380 e. The highest BCUT2D eigenvalue weighted by Crippen LogP contribution is 2.45. The molecule has 3 aliphatic rings. The molecule has 0 bridgehead atoms. The summed E-state index contributed by atoms with van der Waals surface area (Å²) in [6, 6.07) is 9.54. The van der Waals surface area contributed by atoms with E-state index < -0.39 is 0 Å². The molecule has 20 heavy (non-hydrogen) atoms. The van der Waals surface area contributed by atoms with E-state index in [2.05, 4.69) is 46.6 Å². The van der Waals surface area contributed by atoms with Gasteiger partial charge >= 0.3 is 0 Å². The van der Waals surface area contributed by atoms with Gasteiger partial charge < -0.3 is 10.2 Å². The molecule has 0 radical (unpaired) electrons. The molecule has 4 rings (SSSR count). The predicted octanol–water partition coefficient (Wildman–Crippen LogP) is 4.05. The van der Waals surface area contributed by atoms with E-state index in [0.29, 0.717) is 6.04 Å². The van der Waals surface area contributed by atoms with Crippen molar-refractivity contribution in [1.29, 1.82) is 0 Å². The zero-order valence-corrected chi connectivity index (χ0v) is 12.1. The number of benzene rings is 1. The quantitative estimate of drug-likeness (QED) is 0.832. The minimum absolute atomic E-state index is 0.657. The maximum Gasteiger partial charge on any atom is 0.0602 e. The number of piperidine rings is 1. The first-order chi connectivity index (χ1) is 9.92. The van der Waals surface area contributed by atoms with E-state index in [1.165, 1.54) is 56.6 Å². The van der Waals surface area contributed by atoms with Gasteiger partial charge in [-0.3, -0.25) is 0 Å². The summed E-state index contributed by atoms with van der Waals surface area (Å²) in [7, 11) is 0. The summed E-state index contributed by atoms with van der Waals surface area (Å²) in [6.07, 6.45) is 11.5. The Morgan fingerprint density at radius 1 is 1.05 bits per heavy atom. The van der Waals surface area contributed by atoms with Crippen molar-refractivity contribution in [3.05, 3.63) is 36.4 Å². The molecule has 0 amide bonds. The van der Waals surface area contributed by atoms with E-state index in [9.17, 15) is 0 Å². The average Bonchev–Trinajstić information content (AvgIpc) is 2.87. The molecule has 3 atom stereocenters. The number of nitrogens with zero attached hydrogens (tertiary/aromatic N) is 1. The topological polar surface area (TPSA) is 15.3 Å². The third-order valence-corrected chi connectivity index (χ3v) is 5.30. The molecule has 0 aromatic heterocycles. The van der Waals surface area contributed by atoms with Gasteiger partial charge in [0.05, 0.1) is 11.4 Å². The maximum absolute atomic E-state index is 3.82. The lowest BCUT2D eigenvalue weighted by Gasteiger charge is -2.42. The minimum atomic E-state index is 0.657. The largest absolute Gasteiger partial charge is 0.380 e. The Balaban J connectivity index is 1.51. The van der Waals surface area contributed by atoms with Crippen molar-refractivity contribution in [1.82, 2.24) is 0 Å². The van der Waals surface area contributed by atoms with Crippen molar-refractivity contribution in [2.45, 2.75) is 38.1 Å². The maximum atomic E-state index is 3.82. The van der Waals surface area contributed by atoms with Gasteiger partial charge in [0, 0.05) is 25.0 Å². The first-order valence-corrected chi connectivity index (χ1v) is 8.19. The lowest BCUT2D eigenvalue weighted by atomic mass is 9.71. The normalized spacial score (nSPS) is 31.8. The molecule has 106 valence electrons. The smallest absolute Gasteiger partial charge is 0.0602 e. The van der Waals surface area contributed by atoms with Gasteiger partial charge in [0.25, 0.3) is 0 Å². The fourth-order valence-corrected chi connectivity index (χ4v) is 4.09. The molecular formula is C18H24N2. The summed E-state index contributed by atoms with van der Waals surface area (Å²) in [4.78, 5) is 2.56. The Hall–Kier alpha value is -1.44. The van der Waals surface area contributed by atoms with Crippen LogP contribution in [0.25, 0.3) is 0 Å². The summed E-state index contributed by atoms with van der Waals surface area (Å²) in [6.45, 7) is 2.44. The Kier molecular flexibility index (Phi) is 3.17. The molecule has 0 spiro atoms. The number of fused-ring (bicyclic) bond motifs is 1. The lowest BCUT2D eigenvalue weighted by Crippen LogP contribution is -2.43. The van der Waals surface area contributed by atoms with Gasteiger partial charge in [-0.25, -0.2) is 0 Å². The Morgan fingerprint density at radius 3 is 2.75 bits per heavy atom. The number of nitrogens with one attached hydrogen (secondary N) is 1. The van der Waals surface area contributed by atoms with Gasteiger partial charge in [0.2, 0.25) is 0 Å². The molecule has 1 aromatic carbocycles. The predicted molar refractivity (Wildman–Crippen MR) is 85.3 cm³/mol. The Labute approximate surface area is 121 Å². The zero-order valence-electron chi connectivity index (χ0n) is 12.1. The fourth-order valence-electron chi connectivity index (χ4n) is 4.09. The highest BCUT2D eigenvalue weighted by atomic mass is 15.2. The number of anilines is 2. The molecule has 1 N–H and O–H groups in total. The molecule has 1 aliphatic heterocycles. The third-order valence-electron chi connectivity index (χ3n) is 5.30. The number of allylic oxidation sites excluding steroid dienone is 1. The molecule has 2 nitrogen and oxygen atoms in total. The van der Waals surface area contributed by atoms with Gasteiger partial charge in [0.15, 0.2) is 0 Å². The van der Waals surface area contributed by atoms with Crippen LogP contribution in [0.4, 0.5) is 11.4 Å². The molecule has 1 aromatic rings. The zero-order chi connectivity index (χ0) is 13.4. The van der Waals surface area contributed by atoms with Crippen LogP contribution in [0.15, 0.2) is 36.4 Å². The number of hydrogen-bond acceptors (Lipinski definition) is 2. The van der Waals surface area contributed by atoms with Crippen molar-refractivity contribution in [2.75, 3.05) is 23.3 Å². The first kappa shape index (κ1) is 12.3. The van der Waals surface area contributed by atoms with Crippen LogP contribution in [0.2, 0.25) is 0 Å². The van der Waals surface area contributed by atoms with Gasteiger partial charge in [-0.1, -0.05) is 24.3 Å². The highest BCUT2D eigenvalue weighted by Gasteiger charge is 2.41. The molecule has 2 fully saturated rings. The van der Waals surface area contributed by atoms with Crippen molar-refractivity contribution in [3.63, 3.8) is 0 Å². The van der Waals surface area contributed by atoms with Crippen molar-refractivity contribution < 1.29 is 0 Å². The van der Waals surface area contributed by atoms with Gasteiger partial charge in [-0.15, -0.1) is 0 Å². The summed E-state index contributed by atoms with van der Waals surface area (Å²) in [5, 5.41) is 3.82. The second-order valence-corrected chi connectivity index (χ2v) is 6.55. The van der Waals surface area contributed by atoms with E-state index >= 15 is 0 Å². The molecule has 1 saturated heterocycles. The molecular weight excluding hydrogens is 244 g/mol. The van der Waals surface area contributed by atoms with Crippen LogP contribution in [-0.4, -0.2) is 19.1 Å². The number of para-hydroxylation sites is 2. The van der Waals surface area contributed by atoms with E-state index in [1.807, 2.05) is 0 Å². The molecule has 1 saturated carbocycles. The fraction of sp³-hybridized carbons (Fsp3) is 0.556. The van der Waals surface area contributed by atoms with Crippen molar-refractivity contribution in [3.8, 4) is 0 Å². The number of hydrogen-bond donors (Lipinski definition) is 1. The van der Waals surface area contributed by atoms with Crippen molar-refractivity contribution in [2.24, 2.45) is 11.8 Å². The second kappa shape index (κ2) is 5.16. The Morgan fingerprint density at radius 2 is 1.90 bits per heavy atom. The summed E-state index contributed by atoms with van der Waals surface area (Å²) >= 11 is 0. The van der Waals surface area contributed by atoms with Crippen molar-refractivity contribution >= 4 is 11.4 Å². The SMILES string of the molecule is C1=CC2C(C1)CC2Nc1ccccc1N1CCCCC1. The summed E-state index contributed by atoms with van der Waals surface area (Å²) < 4.78 is 0. The first-order valence-electron chi connectivity index (χ1n) is 8.19. The van der Waals surface area contributed by atoms with Crippen LogP contribution >= 0.6 is 0 Å². The Bertz CT molecular complexity index is 502. The van der Waals surface area contributed by atoms with Crippen LogP contribution in [0.3, 0.4) is 0 Å². The summed E-state index contributed by atoms with van der Waals surface area (Å²) in [5.74, 6) is 1.71. The summed E-state index contributed by atoms with van der Waals surface area (Å²) in [5.41, 5.74) is 2.76. The van der Waals surface area contributed by atoms with Crippen LogP contribution in [0.5, 0.6) is 0 Å². The number of rotatable bonds is 3.